The van der Waals surface area contributed by atoms with Gasteiger partial charge in [0.25, 0.3) is 10.0 Å². The van der Waals surface area contributed by atoms with Crippen LogP contribution < -0.4 is 10.0 Å². The molecule has 4 rings (SSSR count). The predicted octanol–water partition coefficient (Wildman–Crippen LogP) is 3.97. The highest BCUT2D eigenvalue weighted by Gasteiger charge is 2.32. The second kappa shape index (κ2) is 9.45. The van der Waals surface area contributed by atoms with Gasteiger partial charge in [0.2, 0.25) is 5.13 Å². The fraction of sp³-hybridized carbons (Fsp3) is 0.350. The first-order valence-electron chi connectivity index (χ1n) is 10.0. The van der Waals surface area contributed by atoms with E-state index in [1.807, 2.05) is 25.1 Å². The van der Waals surface area contributed by atoms with Crippen LogP contribution in [0, 0.1) is 25.5 Å². The molecule has 33 heavy (non-hydrogen) atoms. The molecule has 1 aliphatic heterocycles. The van der Waals surface area contributed by atoms with Gasteiger partial charge in [0.05, 0.1) is 10.7 Å². The monoisotopic (exact) mass is 514 g/mol. The molecule has 2 aromatic heterocycles. The number of sulfonamides is 1. The highest BCUT2D eigenvalue weighted by atomic mass is 35.5. The van der Waals surface area contributed by atoms with Crippen LogP contribution in [0.3, 0.4) is 0 Å². The normalized spacial score (nSPS) is 16.8. The summed E-state index contributed by atoms with van der Waals surface area (Å²) in [4.78, 5) is 9.68. The van der Waals surface area contributed by atoms with Crippen LogP contribution in [-0.2, 0) is 16.6 Å². The van der Waals surface area contributed by atoms with Crippen LogP contribution in [0.4, 0.5) is 19.6 Å². The van der Waals surface area contributed by atoms with Gasteiger partial charge in [-0.3, -0.25) is 14.6 Å². The van der Waals surface area contributed by atoms with E-state index in [4.69, 9.17) is 11.6 Å². The van der Waals surface area contributed by atoms with Gasteiger partial charge < -0.3 is 5.32 Å². The van der Waals surface area contributed by atoms with Crippen molar-refractivity contribution in [3.63, 3.8) is 0 Å². The molecule has 1 aromatic carbocycles. The Labute approximate surface area is 199 Å². The molecule has 0 saturated carbocycles. The Morgan fingerprint density at radius 3 is 2.76 bits per heavy atom. The number of hydrogen-bond donors (Lipinski definition) is 2. The Hall–Kier alpha value is -2.41. The summed E-state index contributed by atoms with van der Waals surface area (Å²) in [6, 6.07) is 5.55. The zero-order valence-electron chi connectivity index (χ0n) is 17.8. The number of aryl methyl sites for hydroxylation is 1. The first-order chi connectivity index (χ1) is 15.7. The fourth-order valence-corrected chi connectivity index (χ4v) is 6.31. The van der Waals surface area contributed by atoms with E-state index in [9.17, 15) is 8.42 Å². The first kappa shape index (κ1) is 23.7. The molecule has 2 N–H and O–H groups in total. The van der Waals surface area contributed by atoms with Crippen molar-refractivity contribution >= 4 is 44.0 Å². The van der Waals surface area contributed by atoms with Gasteiger partial charge in [-0.2, -0.15) is 4.37 Å². The molecule has 1 fully saturated rings. The van der Waals surface area contributed by atoms with Gasteiger partial charge in [0.15, 0.2) is 11.6 Å². The molecular weight excluding hydrogens is 494 g/mol. The number of halogens is 3. The lowest BCUT2D eigenvalue weighted by atomic mass is 10.1. The highest BCUT2D eigenvalue weighted by molar-refractivity contribution is 7.93. The summed E-state index contributed by atoms with van der Waals surface area (Å²) in [5.74, 6) is -2.16. The van der Waals surface area contributed by atoms with Crippen LogP contribution in [0.2, 0.25) is 5.02 Å². The maximum Gasteiger partial charge on any atom is 0.265 e. The van der Waals surface area contributed by atoms with Crippen molar-refractivity contribution in [1.29, 1.82) is 0 Å². The largest absolute Gasteiger partial charge is 0.376 e. The minimum atomic E-state index is -4.38. The van der Waals surface area contributed by atoms with Crippen LogP contribution in [0.1, 0.15) is 23.4 Å². The van der Waals surface area contributed by atoms with Gasteiger partial charge in [0, 0.05) is 48.5 Å². The van der Waals surface area contributed by atoms with Gasteiger partial charge in [-0.15, -0.1) is 0 Å². The van der Waals surface area contributed by atoms with Crippen LogP contribution in [-0.4, -0.2) is 46.8 Å². The number of nitrogens with one attached hydrogen (secondary N) is 2. The van der Waals surface area contributed by atoms with Crippen molar-refractivity contribution in [2.75, 3.05) is 23.1 Å². The Morgan fingerprint density at radius 2 is 2.06 bits per heavy atom. The number of pyridine rings is 1. The summed E-state index contributed by atoms with van der Waals surface area (Å²) < 4.78 is 61.5. The van der Waals surface area contributed by atoms with Crippen LogP contribution >= 0.6 is 23.1 Å². The number of benzene rings is 1. The molecule has 0 amide bonds. The third-order valence-corrected chi connectivity index (χ3v) is 7.99. The molecule has 13 heteroatoms. The van der Waals surface area contributed by atoms with Crippen molar-refractivity contribution < 1.29 is 17.2 Å². The molecule has 3 aromatic rings. The Bertz CT molecular complexity index is 1240. The van der Waals surface area contributed by atoms with Crippen LogP contribution in [0.25, 0.3) is 0 Å². The number of rotatable bonds is 7. The molecule has 0 radical (unpaired) electrons. The van der Waals surface area contributed by atoms with Gasteiger partial charge in [-0.25, -0.2) is 22.2 Å². The first-order valence-corrected chi connectivity index (χ1v) is 12.7. The Balaban J connectivity index is 1.53. The minimum absolute atomic E-state index is 0.0392. The third kappa shape index (κ3) is 5.08. The predicted molar refractivity (Wildman–Crippen MR) is 123 cm³/mol. The lowest BCUT2D eigenvalue weighted by molar-refractivity contribution is 0.324. The number of hydrogen-bond acceptors (Lipinski definition) is 8. The van der Waals surface area contributed by atoms with Crippen molar-refractivity contribution in [1.82, 2.24) is 19.2 Å². The van der Waals surface area contributed by atoms with Crippen molar-refractivity contribution in [2.45, 2.75) is 37.8 Å². The van der Waals surface area contributed by atoms with E-state index in [-0.39, 0.29) is 16.7 Å². The molecule has 1 saturated heterocycles. The molecule has 3 heterocycles. The lowest BCUT2D eigenvalue weighted by Crippen LogP contribution is -2.27. The minimum Gasteiger partial charge on any atom is -0.376 e. The number of aromatic nitrogens is 3. The Kier molecular flexibility index (Phi) is 6.80. The van der Waals surface area contributed by atoms with Gasteiger partial charge in [0.1, 0.15) is 16.9 Å². The summed E-state index contributed by atoms with van der Waals surface area (Å²) in [5.41, 5.74) is 1.11. The summed E-state index contributed by atoms with van der Waals surface area (Å²) >= 11 is 6.87. The van der Waals surface area contributed by atoms with Crippen molar-refractivity contribution in [3.05, 3.63) is 58.1 Å². The van der Waals surface area contributed by atoms with E-state index >= 15 is 8.78 Å². The quantitative estimate of drug-likeness (QED) is 0.460. The smallest absolute Gasteiger partial charge is 0.265 e. The third-order valence-electron chi connectivity index (χ3n) is 5.31. The lowest BCUT2D eigenvalue weighted by Gasteiger charge is -2.20. The SMILES string of the molecule is Cc1cccc(CN2CC[C@H](Nc3c(F)c(C)c(S(=O)(=O)Nc4ncns4)c(Cl)c3F)C2)n1. The van der Waals surface area contributed by atoms with Crippen LogP contribution in [0.15, 0.2) is 29.4 Å². The van der Waals surface area contributed by atoms with Gasteiger partial charge in [-0.05, 0) is 32.4 Å². The average molecular weight is 515 g/mol. The van der Waals surface area contributed by atoms with Gasteiger partial charge >= 0.3 is 0 Å². The molecule has 176 valence electrons. The molecule has 1 aliphatic rings. The molecule has 0 spiro atoms. The maximum atomic E-state index is 15.2. The van der Waals surface area contributed by atoms with Crippen LogP contribution in [0.5, 0.6) is 0 Å². The second-order valence-corrected chi connectivity index (χ2v) is 10.5. The average Bonchev–Trinajstić information content (AvgIpc) is 3.41. The maximum absolute atomic E-state index is 15.2. The Morgan fingerprint density at radius 1 is 1.27 bits per heavy atom. The molecule has 8 nitrogen and oxygen atoms in total. The topological polar surface area (TPSA) is 100 Å². The number of likely N-dealkylation sites (tertiary alicyclic amines) is 1. The van der Waals surface area contributed by atoms with Crippen molar-refractivity contribution in [3.8, 4) is 0 Å². The number of anilines is 2. The highest BCUT2D eigenvalue weighted by Crippen LogP contribution is 2.37. The molecule has 0 bridgehead atoms. The summed E-state index contributed by atoms with van der Waals surface area (Å²) in [6.45, 7) is 5.05. The van der Waals surface area contributed by atoms with E-state index < -0.39 is 37.3 Å². The van der Waals surface area contributed by atoms with Crippen molar-refractivity contribution in [2.24, 2.45) is 0 Å². The molecule has 1 atom stereocenters. The number of nitrogens with zero attached hydrogens (tertiary/aromatic N) is 4. The fourth-order valence-electron chi connectivity index (χ4n) is 3.80. The second-order valence-electron chi connectivity index (χ2n) is 7.76. The molecular formula is C20H21ClF2N6O2S2. The van der Waals surface area contributed by atoms with E-state index in [1.165, 1.54) is 6.92 Å². The van der Waals surface area contributed by atoms with Gasteiger partial charge in [-0.1, -0.05) is 17.7 Å². The standard InChI is InChI=1S/C20H21ClF2N6O2S2/c1-11-4-3-5-13(26-11)8-29-7-6-14(9-29)27-18-16(22)12(2)19(15(21)17(18)23)33(30,31)28-20-24-10-25-32-20/h3-5,10,14,27H,6-9H2,1-2H3,(H,24,25,28)/t14-/m0/s1. The van der Waals surface area contributed by atoms with E-state index in [0.717, 1.165) is 35.8 Å². The summed E-state index contributed by atoms with van der Waals surface area (Å²) in [5, 5.41) is 2.15. The molecule has 0 unspecified atom stereocenters. The van der Waals surface area contributed by atoms with E-state index in [1.54, 1.807) is 0 Å². The van der Waals surface area contributed by atoms with E-state index in [0.29, 0.717) is 19.5 Å². The molecule has 0 aliphatic carbocycles. The zero-order valence-corrected chi connectivity index (χ0v) is 20.2. The summed E-state index contributed by atoms with van der Waals surface area (Å²) in [7, 11) is -4.38. The zero-order chi connectivity index (χ0) is 23.8. The summed E-state index contributed by atoms with van der Waals surface area (Å²) in [6.07, 6.45) is 1.81. The van der Waals surface area contributed by atoms with E-state index in [2.05, 4.69) is 29.3 Å².